The first-order valence-electron chi connectivity index (χ1n) is 7.55. The van der Waals surface area contributed by atoms with E-state index in [1.165, 1.54) is 4.90 Å². The highest BCUT2D eigenvalue weighted by Gasteiger charge is 2.38. The molecule has 0 aromatic rings. The van der Waals surface area contributed by atoms with E-state index in [4.69, 9.17) is 14.6 Å². The van der Waals surface area contributed by atoms with Crippen LogP contribution in [0.4, 0.5) is 4.79 Å². The van der Waals surface area contributed by atoms with Gasteiger partial charge in [0, 0.05) is 13.2 Å². The lowest BCUT2D eigenvalue weighted by Crippen LogP contribution is -2.52. The number of piperidine rings is 1. The molecular formula is C15H27NO5. The number of carbonyl (C=O) groups is 2. The number of aliphatic hydroxyl groups is 1. The fourth-order valence-electron chi connectivity index (χ4n) is 2.48. The van der Waals surface area contributed by atoms with E-state index in [-0.39, 0.29) is 19.1 Å². The standard InChI is InChI=1S/C15H27NO5/c1-5-20-13(18)12-10-11(7-9-17)6-8-16(12)14(19)21-15(2,3)4/h11-12,17H,5-10H2,1-4H3/t11-,12-/m1/s1. The van der Waals surface area contributed by atoms with E-state index in [0.29, 0.717) is 19.4 Å². The van der Waals surface area contributed by atoms with Crippen molar-refractivity contribution >= 4 is 12.1 Å². The van der Waals surface area contributed by atoms with Crippen molar-refractivity contribution in [1.29, 1.82) is 0 Å². The molecule has 0 aliphatic carbocycles. The van der Waals surface area contributed by atoms with Gasteiger partial charge in [-0.3, -0.25) is 4.90 Å². The molecule has 1 rings (SSSR count). The molecule has 1 aliphatic heterocycles. The van der Waals surface area contributed by atoms with Gasteiger partial charge in [-0.25, -0.2) is 9.59 Å². The molecule has 0 aromatic heterocycles. The minimum atomic E-state index is -0.620. The Hall–Kier alpha value is -1.30. The van der Waals surface area contributed by atoms with Crippen LogP contribution in [0, 0.1) is 5.92 Å². The fraction of sp³-hybridized carbons (Fsp3) is 0.867. The first-order chi connectivity index (χ1) is 9.78. The summed E-state index contributed by atoms with van der Waals surface area (Å²) in [6, 6.07) is -0.620. The van der Waals surface area contributed by atoms with Crippen molar-refractivity contribution in [1.82, 2.24) is 4.90 Å². The Balaban J connectivity index is 2.79. The average Bonchev–Trinajstić information content (AvgIpc) is 2.37. The van der Waals surface area contributed by atoms with Gasteiger partial charge in [0.25, 0.3) is 0 Å². The molecule has 1 fully saturated rings. The molecule has 0 unspecified atom stereocenters. The van der Waals surface area contributed by atoms with Crippen molar-refractivity contribution in [2.24, 2.45) is 5.92 Å². The summed E-state index contributed by atoms with van der Waals surface area (Å²) < 4.78 is 10.4. The number of hydrogen-bond acceptors (Lipinski definition) is 5. The molecule has 0 radical (unpaired) electrons. The van der Waals surface area contributed by atoms with Gasteiger partial charge in [0.15, 0.2) is 0 Å². The smallest absolute Gasteiger partial charge is 0.411 e. The Bertz CT molecular complexity index is 364. The van der Waals surface area contributed by atoms with Crippen molar-refractivity contribution in [3.8, 4) is 0 Å². The van der Waals surface area contributed by atoms with Crippen molar-refractivity contribution in [2.45, 2.75) is 58.6 Å². The number of amides is 1. The third-order valence-corrected chi connectivity index (χ3v) is 3.44. The molecule has 1 amide bonds. The van der Waals surface area contributed by atoms with E-state index in [1.807, 2.05) is 0 Å². The third-order valence-electron chi connectivity index (χ3n) is 3.44. The Morgan fingerprint density at radius 1 is 1.33 bits per heavy atom. The molecule has 0 spiro atoms. The monoisotopic (exact) mass is 301 g/mol. The van der Waals surface area contributed by atoms with Gasteiger partial charge in [-0.1, -0.05) is 0 Å². The number of esters is 1. The van der Waals surface area contributed by atoms with Crippen molar-refractivity contribution in [3.63, 3.8) is 0 Å². The van der Waals surface area contributed by atoms with Crippen LogP contribution in [0.3, 0.4) is 0 Å². The molecule has 2 atom stereocenters. The highest BCUT2D eigenvalue weighted by atomic mass is 16.6. The summed E-state index contributed by atoms with van der Waals surface area (Å²) in [5.41, 5.74) is -0.599. The molecule has 1 aliphatic rings. The van der Waals surface area contributed by atoms with Gasteiger partial charge in [-0.15, -0.1) is 0 Å². The van der Waals surface area contributed by atoms with Crippen LogP contribution in [0.1, 0.15) is 47.0 Å². The van der Waals surface area contributed by atoms with Gasteiger partial charge in [-0.2, -0.15) is 0 Å². The molecule has 1 saturated heterocycles. The van der Waals surface area contributed by atoms with Crippen LogP contribution in [0.2, 0.25) is 0 Å². The molecule has 1 heterocycles. The van der Waals surface area contributed by atoms with E-state index in [9.17, 15) is 9.59 Å². The van der Waals surface area contributed by atoms with Gasteiger partial charge in [0.1, 0.15) is 11.6 Å². The molecule has 21 heavy (non-hydrogen) atoms. The van der Waals surface area contributed by atoms with E-state index < -0.39 is 23.7 Å². The summed E-state index contributed by atoms with van der Waals surface area (Å²) in [4.78, 5) is 25.8. The normalized spacial score (nSPS) is 22.8. The fourth-order valence-corrected chi connectivity index (χ4v) is 2.48. The van der Waals surface area contributed by atoms with Crippen LogP contribution in [0.15, 0.2) is 0 Å². The van der Waals surface area contributed by atoms with E-state index in [2.05, 4.69) is 0 Å². The maximum atomic E-state index is 12.2. The molecular weight excluding hydrogens is 274 g/mol. The summed E-state index contributed by atoms with van der Waals surface area (Å²) in [5, 5.41) is 9.05. The number of likely N-dealkylation sites (tertiary alicyclic amines) is 1. The lowest BCUT2D eigenvalue weighted by molar-refractivity contribution is -0.151. The highest BCUT2D eigenvalue weighted by molar-refractivity contribution is 5.81. The quantitative estimate of drug-likeness (QED) is 0.803. The lowest BCUT2D eigenvalue weighted by atomic mass is 9.89. The van der Waals surface area contributed by atoms with Gasteiger partial charge >= 0.3 is 12.1 Å². The summed E-state index contributed by atoms with van der Waals surface area (Å²) in [5.74, 6) is -0.172. The molecule has 0 aromatic carbocycles. The van der Waals surface area contributed by atoms with Gasteiger partial charge in [-0.05, 0) is 52.9 Å². The molecule has 6 nitrogen and oxygen atoms in total. The number of ether oxygens (including phenoxy) is 2. The van der Waals surface area contributed by atoms with Gasteiger partial charge in [0.2, 0.25) is 0 Å². The Morgan fingerprint density at radius 3 is 2.52 bits per heavy atom. The zero-order valence-electron chi connectivity index (χ0n) is 13.4. The minimum absolute atomic E-state index is 0.0899. The third kappa shape index (κ3) is 5.53. The number of nitrogens with zero attached hydrogens (tertiary/aromatic N) is 1. The van der Waals surface area contributed by atoms with Crippen LogP contribution < -0.4 is 0 Å². The first kappa shape index (κ1) is 17.8. The molecule has 122 valence electrons. The summed E-state index contributed by atoms with van der Waals surface area (Å²) in [6.45, 7) is 7.94. The SMILES string of the molecule is CCOC(=O)[C@H]1C[C@@H](CCO)CCN1C(=O)OC(C)(C)C. The Kier molecular flexibility index (Phi) is 6.45. The highest BCUT2D eigenvalue weighted by Crippen LogP contribution is 2.27. The minimum Gasteiger partial charge on any atom is -0.464 e. The predicted octanol–water partition coefficient (Wildman–Crippen LogP) is 1.95. The van der Waals surface area contributed by atoms with Crippen LogP contribution >= 0.6 is 0 Å². The van der Waals surface area contributed by atoms with Crippen molar-refractivity contribution in [2.75, 3.05) is 19.8 Å². The second-order valence-corrected chi connectivity index (χ2v) is 6.34. The maximum absolute atomic E-state index is 12.2. The van der Waals surface area contributed by atoms with Crippen LogP contribution in [-0.4, -0.2) is 53.5 Å². The van der Waals surface area contributed by atoms with Crippen LogP contribution in [-0.2, 0) is 14.3 Å². The van der Waals surface area contributed by atoms with E-state index in [0.717, 1.165) is 6.42 Å². The summed E-state index contributed by atoms with van der Waals surface area (Å²) in [7, 11) is 0. The maximum Gasteiger partial charge on any atom is 0.411 e. The zero-order valence-corrected chi connectivity index (χ0v) is 13.4. The number of aliphatic hydroxyl groups excluding tert-OH is 1. The second kappa shape index (κ2) is 7.64. The predicted molar refractivity (Wildman–Crippen MR) is 77.8 cm³/mol. The molecule has 0 saturated carbocycles. The molecule has 6 heteroatoms. The topological polar surface area (TPSA) is 76.1 Å². The first-order valence-corrected chi connectivity index (χ1v) is 7.55. The summed E-state index contributed by atoms with van der Waals surface area (Å²) in [6.07, 6.45) is 1.43. The Morgan fingerprint density at radius 2 is 2.00 bits per heavy atom. The average molecular weight is 301 g/mol. The van der Waals surface area contributed by atoms with Crippen molar-refractivity contribution in [3.05, 3.63) is 0 Å². The molecule has 1 N–H and O–H groups in total. The molecule has 0 bridgehead atoms. The second-order valence-electron chi connectivity index (χ2n) is 6.34. The van der Waals surface area contributed by atoms with Gasteiger partial charge < -0.3 is 14.6 Å². The largest absolute Gasteiger partial charge is 0.464 e. The van der Waals surface area contributed by atoms with Gasteiger partial charge in [0.05, 0.1) is 6.61 Å². The van der Waals surface area contributed by atoms with Crippen LogP contribution in [0.5, 0.6) is 0 Å². The lowest BCUT2D eigenvalue weighted by Gasteiger charge is -2.38. The Labute approximate surface area is 126 Å². The number of carbonyl (C=O) groups excluding carboxylic acids is 2. The number of hydrogen-bond donors (Lipinski definition) is 1. The zero-order chi connectivity index (χ0) is 16.0. The summed E-state index contributed by atoms with van der Waals surface area (Å²) >= 11 is 0. The van der Waals surface area contributed by atoms with Crippen molar-refractivity contribution < 1.29 is 24.2 Å². The van der Waals surface area contributed by atoms with E-state index >= 15 is 0 Å². The number of rotatable bonds is 4. The van der Waals surface area contributed by atoms with E-state index in [1.54, 1.807) is 27.7 Å². The van der Waals surface area contributed by atoms with Crippen LogP contribution in [0.25, 0.3) is 0 Å².